The number of methoxy groups -OCH3 is 2. The average molecular weight is 314 g/mol. The van der Waals surface area contributed by atoms with Crippen LogP contribution in [-0.2, 0) is 0 Å². The molecule has 1 rings (SSSR count). The lowest BCUT2D eigenvalue weighted by Crippen LogP contribution is -2.15. The molecule has 0 amide bonds. The van der Waals surface area contributed by atoms with Gasteiger partial charge in [0.05, 0.1) is 24.9 Å². The number of anilines is 1. The highest BCUT2D eigenvalue weighted by Gasteiger charge is 2.11. The predicted molar refractivity (Wildman–Crippen MR) is 91.0 cm³/mol. The minimum atomic E-state index is 0.391. The summed E-state index contributed by atoms with van der Waals surface area (Å²) in [5, 5.41) is 4.12. The Balaban J connectivity index is 2.53. The van der Waals surface area contributed by atoms with Gasteiger partial charge < -0.3 is 14.8 Å². The predicted octanol–water partition coefficient (Wildman–Crippen LogP) is 5.52. The normalized spacial score (nSPS) is 12.0. The van der Waals surface area contributed by atoms with Crippen LogP contribution in [0.3, 0.4) is 0 Å². The maximum absolute atomic E-state index is 6.29. The van der Waals surface area contributed by atoms with Crippen molar-refractivity contribution in [2.24, 2.45) is 0 Å². The van der Waals surface area contributed by atoms with Crippen LogP contribution in [0.25, 0.3) is 0 Å². The second-order valence-electron chi connectivity index (χ2n) is 5.44. The summed E-state index contributed by atoms with van der Waals surface area (Å²) >= 11 is 6.29. The fourth-order valence-corrected chi connectivity index (χ4v) is 2.56. The fraction of sp³-hybridized carbons (Fsp3) is 0.647. The zero-order valence-electron chi connectivity index (χ0n) is 13.7. The summed E-state index contributed by atoms with van der Waals surface area (Å²) in [4.78, 5) is 0. The van der Waals surface area contributed by atoms with Gasteiger partial charge in [0.15, 0.2) is 11.5 Å². The maximum Gasteiger partial charge on any atom is 0.162 e. The molecule has 120 valence electrons. The van der Waals surface area contributed by atoms with Crippen molar-refractivity contribution in [2.45, 2.75) is 58.4 Å². The van der Waals surface area contributed by atoms with Crippen molar-refractivity contribution < 1.29 is 9.47 Å². The third-order valence-electron chi connectivity index (χ3n) is 3.62. The van der Waals surface area contributed by atoms with E-state index in [2.05, 4.69) is 19.2 Å². The van der Waals surface area contributed by atoms with Gasteiger partial charge in [0, 0.05) is 18.2 Å². The van der Waals surface area contributed by atoms with E-state index < -0.39 is 0 Å². The molecule has 0 saturated heterocycles. The van der Waals surface area contributed by atoms with Gasteiger partial charge >= 0.3 is 0 Å². The van der Waals surface area contributed by atoms with Crippen LogP contribution in [0.4, 0.5) is 5.69 Å². The van der Waals surface area contributed by atoms with Gasteiger partial charge in [-0.3, -0.25) is 0 Å². The highest BCUT2D eigenvalue weighted by atomic mass is 35.5. The molecule has 0 aliphatic rings. The molecule has 21 heavy (non-hydrogen) atoms. The molecule has 0 aliphatic carbocycles. The van der Waals surface area contributed by atoms with E-state index in [9.17, 15) is 0 Å². The summed E-state index contributed by atoms with van der Waals surface area (Å²) in [5.41, 5.74) is 0.898. The summed E-state index contributed by atoms with van der Waals surface area (Å²) in [6, 6.07) is 4.08. The van der Waals surface area contributed by atoms with E-state index >= 15 is 0 Å². The monoisotopic (exact) mass is 313 g/mol. The van der Waals surface area contributed by atoms with E-state index in [1.807, 2.05) is 6.07 Å². The van der Waals surface area contributed by atoms with Crippen LogP contribution >= 0.6 is 11.6 Å². The standard InChI is InChI=1S/C17H28ClNO2/c1-5-6-7-8-9-10-13(2)19-15-12-17(21-4)16(20-3)11-14(15)18/h11-13,19H,5-10H2,1-4H3. The number of benzene rings is 1. The van der Waals surface area contributed by atoms with Gasteiger partial charge in [-0.05, 0) is 13.3 Å². The van der Waals surface area contributed by atoms with E-state index in [-0.39, 0.29) is 0 Å². The lowest BCUT2D eigenvalue weighted by molar-refractivity contribution is 0.355. The van der Waals surface area contributed by atoms with E-state index in [1.54, 1.807) is 20.3 Å². The first kappa shape index (κ1) is 18.0. The number of rotatable bonds is 10. The Kier molecular flexibility index (Phi) is 8.36. The molecule has 4 heteroatoms. The topological polar surface area (TPSA) is 30.5 Å². The van der Waals surface area contributed by atoms with Crippen LogP contribution in [-0.4, -0.2) is 20.3 Å². The molecule has 0 spiro atoms. The lowest BCUT2D eigenvalue weighted by atomic mass is 10.1. The lowest BCUT2D eigenvalue weighted by Gasteiger charge is -2.18. The first-order valence-corrected chi connectivity index (χ1v) is 8.18. The smallest absolute Gasteiger partial charge is 0.162 e. The Labute approximate surface area is 134 Å². The number of hydrogen-bond donors (Lipinski definition) is 1. The number of unbranched alkanes of at least 4 members (excludes halogenated alkanes) is 4. The molecule has 0 bridgehead atoms. The Hall–Kier alpha value is -1.09. The maximum atomic E-state index is 6.29. The summed E-state index contributed by atoms with van der Waals surface area (Å²) in [6.07, 6.45) is 7.66. The van der Waals surface area contributed by atoms with Crippen molar-refractivity contribution in [3.05, 3.63) is 17.2 Å². The number of halogens is 1. The summed E-state index contributed by atoms with van der Waals surface area (Å²) < 4.78 is 10.6. The Morgan fingerprint density at radius 1 is 1.05 bits per heavy atom. The van der Waals surface area contributed by atoms with Gasteiger partial charge in [0.25, 0.3) is 0 Å². The average Bonchev–Trinajstić information content (AvgIpc) is 2.48. The third-order valence-corrected chi connectivity index (χ3v) is 3.93. The summed E-state index contributed by atoms with van der Waals surface area (Å²) in [6.45, 7) is 4.43. The molecule has 0 saturated carbocycles. The van der Waals surface area contributed by atoms with E-state index in [4.69, 9.17) is 21.1 Å². The van der Waals surface area contributed by atoms with Gasteiger partial charge in [-0.25, -0.2) is 0 Å². The quantitative estimate of drug-likeness (QED) is 0.577. The van der Waals surface area contributed by atoms with Gasteiger partial charge in [0.2, 0.25) is 0 Å². The highest BCUT2D eigenvalue weighted by Crippen LogP contribution is 2.36. The molecule has 0 radical (unpaired) electrons. The second kappa shape index (κ2) is 9.78. The number of ether oxygens (including phenoxy) is 2. The Morgan fingerprint density at radius 2 is 1.67 bits per heavy atom. The number of hydrogen-bond acceptors (Lipinski definition) is 3. The van der Waals surface area contributed by atoms with Gasteiger partial charge in [0.1, 0.15) is 0 Å². The van der Waals surface area contributed by atoms with Crippen LogP contribution in [0.2, 0.25) is 5.02 Å². The largest absolute Gasteiger partial charge is 0.493 e. The molecule has 1 aromatic carbocycles. The van der Waals surface area contributed by atoms with Crippen molar-refractivity contribution in [1.29, 1.82) is 0 Å². The SMILES string of the molecule is CCCCCCCC(C)Nc1cc(OC)c(OC)cc1Cl. The first-order chi connectivity index (χ1) is 10.1. The molecule has 0 fully saturated rings. The molecular formula is C17H28ClNO2. The van der Waals surface area contributed by atoms with Crippen molar-refractivity contribution in [3.8, 4) is 11.5 Å². The Morgan fingerprint density at radius 3 is 2.29 bits per heavy atom. The molecule has 1 aromatic rings. The van der Waals surface area contributed by atoms with E-state index in [0.29, 0.717) is 22.6 Å². The first-order valence-electron chi connectivity index (χ1n) is 7.80. The minimum absolute atomic E-state index is 0.391. The molecule has 1 unspecified atom stereocenters. The molecule has 3 nitrogen and oxygen atoms in total. The molecule has 0 aliphatic heterocycles. The van der Waals surface area contributed by atoms with E-state index in [1.165, 1.54) is 32.1 Å². The molecule has 0 aromatic heterocycles. The van der Waals surface area contributed by atoms with Crippen molar-refractivity contribution in [2.75, 3.05) is 19.5 Å². The van der Waals surface area contributed by atoms with Crippen LogP contribution in [0.1, 0.15) is 52.4 Å². The summed E-state index contributed by atoms with van der Waals surface area (Å²) in [5.74, 6) is 1.35. The number of nitrogens with one attached hydrogen (secondary N) is 1. The van der Waals surface area contributed by atoms with Crippen LogP contribution in [0.5, 0.6) is 11.5 Å². The van der Waals surface area contributed by atoms with Crippen LogP contribution in [0.15, 0.2) is 12.1 Å². The molecule has 1 atom stereocenters. The highest BCUT2D eigenvalue weighted by molar-refractivity contribution is 6.33. The van der Waals surface area contributed by atoms with Crippen molar-refractivity contribution >= 4 is 17.3 Å². The molecule has 0 heterocycles. The minimum Gasteiger partial charge on any atom is -0.493 e. The summed E-state index contributed by atoms with van der Waals surface area (Å²) in [7, 11) is 3.24. The zero-order valence-corrected chi connectivity index (χ0v) is 14.4. The third kappa shape index (κ3) is 6.04. The zero-order chi connectivity index (χ0) is 15.7. The van der Waals surface area contributed by atoms with Crippen molar-refractivity contribution in [1.82, 2.24) is 0 Å². The van der Waals surface area contributed by atoms with Gasteiger partial charge in [-0.15, -0.1) is 0 Å². The van der Waals surface area contributed by atoms with Gasteiger partial charge in [-0.2, -0.15) is 0 Å². The second-order valence-corrected chi connectivity index (χ2v) is 5.84. The van der Waals surface area contributed by atoms with Crippen LogP contribution in [0, 0.1) is 0 Å². The van der Waals surface area contributed by atoms with Crippen molar-refractivity contribution in [3.63, 3.8) is 0 Å². The molecule has 1 N–H and O–H groups in total. The van der Waals surface area contributed by atoms with Crippen LogP contribution < -0.4 is 14.8 Å². The Bertz CT molecular complexity index is 423. The fourth-order valence-electron chi connectivity index (χ4n) is 2.36. The van der Waals surface area contributed by atoms with Gasteiger partial charge in [-0.1, -0.05) is 50.6 Å². The molecular weight excluding hydrogens is 286 g/mol. The van der Waals surface area contributed by atoms with E-state index in [0.717, 1.165) is 12.1 Å².